The van der Waals surface area contributed by atoms with Crippen molar-refractivity contribution in [1.82, 2.24) is 19.6 Å². The molecule has 10 heteroatoms. The van der Waals surface area contributed by atoms with Gasteiger partial charge >= 0.3 is 0 Å². The molecular formula is C26H18N6O3S. The zero-order valence-electron chi connectivity index (χ0n) is 19.0. The zero-order chi connectivity index (χ0) is 24.8. The molecule has 1 aliphatic heterocycles. The second kappa shape index (κ2) is 8.51. The maximum atomic E-state index is 13.6. The maximum absolute atomic E-state index is 13.6. The van der Waals surface area contributed by atoms with Crippen LogP contribution in [0.2, 0.25) is 0 Å². The summed E-state index contributed by atoms with van der Waals surface area (Å²) in [5.74, 6) is -0.364. The van der Waals surface area contributed by atoms with Crippen molar-refractivity contribution in [3.63, 3.8) is 0 Å². The smallest absolute Gasteiger partial charge is 0.291 e. The first-order chi connectivity index (χ1) is 17.5. The minimum absolute atomic E-state index is 0.187. The van der Waals surface area contributed by atoms with Gasteiger partial charge in [-0.15, -0.1) is 5.10 Å². The quantitative estimate of drug-likeness (QED) is 0.411. The molecule has 9 nitrogen and oxygen atoms in total. The van der Waals surface area contributed by atoms with Crippen LogP contribution in [0, 0.1) is 6.92 Å². The third-order valence-electron chi connectivity index (χ3n) is 5.83. The summed E-state index contributed by atoms with van der Waals surface area (Å²) >= 11 is 1.10. The summed E-state index contributed by atoms with van der Waals surface area (Å²) < 4.78 is 1.44. The number of aromatic nitrogens is 4. The number of benzene rings is 2. The molecule has 0 fully saturated rings. The Morgan fingerprint density at radius 2 is 1.92 bits per heavy atom. The van der Waals surface area contributed by atoms with Gasteiger partial charge in [0, 0.05) is 29.2 Å². The average Bonchev–Trinajstić information content (AvgIpc) is 3.51. The number of hydrogen-bond donors (Lipinski definition) is 1. The Balaban J connectivity index is 1.39. The first-order valence-corrected chi connectivity index (χ1v) is 11.9. The van der Waals surface area contributed by atoms with Crippen LogP contribution in [0.25, 0.3) is 21.9 Å². The van der Waals surface area contributed by atoms with E-state index in [9.17, 15) is 14.4 Å². The summed E-state index contributed by atoms with van der Waals surface area (Å²) in [5, 5.41) is 7.17. The van der Waals surface area contributed by atoms with Crippen LogP contribution in [0.4, 0.5) is 11.4 Å². The number of aryl methyl sites for hydroxylation is 1. The molecule has 0 saturated carbocycles. The van der Waals surface area contributed by atoms with E-state index in [0.29, 0.717) is 33.3 Å². The fourth-order valence-electron chi connectivity index (χ4n) is 4.23. The van der Waals surface area contributed by atoms with Crippen LogP contribution in [0.5, 0.6) is 0 Å². The predicted molar refractivity (Wildman–Crippen MR) is 137 cm³/mol. The Bertz CT molecular complexity index is 1780. The number of rotatable bonds is 4. The van der Waals surface area contributed by atoms with E-state index in [0.717, 1.165) is 16.9 Å². The molecule has 2 amide bonds. The van der Waals surface area contributed by atoms with Gasteiger partial charge in [-0.25, -0.2) is 0 Å². The van der Waals surface area contributed by atoms with Gasteiger partial charge in [-0.3, -0.25) is 24.3 Å². The molecule has 6 rings (SSSR count). The molecule has 4 heterocycles. The number of fused-ring (bicyclic) bond motifs is 2. The normalized spacial score (nSPS) is 14.4. The minimum atomic E-state index is -0.429. The largest absolute Gasteiger partial charge is 0.325 e. The number of pyridine rings is 1. The molecule has 0 saturated heterocycles. The van der Waals surface area contributed by atoms with Crippen LogP contribution in [0.1, 0.15) is 11.1 Å². The minimum Gasteiger partial charge on any atom is -0.325 e. The number of anilines is 2. The van der Waals surface area contributed by atoms with Gasteiger partial charge in [0.25, 0.3) is 11.5 Å². The van der Waals surface area contributed by atoms with E-state index in [1.807, 2.05) is 31.2 Å². The molecule has 0 unspecified atom stereocenters. The second-order valence-electron chi connectivity index (χ2n) is 8.31. The van der Waals surface area contributed by atoms with Crippen LogP contribution in [-0.4, -0.2) is 37.9 Å². The van der Waals surface area contributed by atoms with Crippen molar-refractivity contribution in [2.24, 2.45) is 0 Å². The summed E-state index contributed by atoms with van der Waals surface area (Å²) in [6.45, 7) is 1.75. The number of para-hydroxylation sites is 1. The molecule has 0 spiro atoms. The SMILES string of the molecule is Cc1cccc(NC(=O)CN2C(=O)/C(=c3\sc4nc(-c5cccnc5)nn4c3=O)c3ccccc32)c1. The van der Waals surface area contributed by atoms with Gasteiger partial charge in [-0.05, 0) is 42.8 Å². The van der Waals surface area contributed by atoms with Crippen molar-refractivity contribution < 1.29 is 9.59 Å². The number of nitrogens with zero attached hydrogens (tertiary/aromatic N) is 5. The molecular weight excluding hydrogens is 476 g/mol. The van der Waals surface area contributed by atoms with Crippen LogP contribution in [0.3, 0.4) is 0 Å². The van der Waals surface area contributed by atoms with E-state index < -0.39 is 11.5 Å². The Labute approximate surface area is 208 Å². The molecule has 0 radical (unpaired) electrons. The number of carbonyl (C=O) groups excluding carboxylic acids is 2. The number of hydrogen-bond acceptors (Lipinski definition) is 7. The Morgan fingerprint density at radius 3 is 2.69 bits per heavy atom. The summed E-state index contributed by atoms with van der Waals surface area (Å²) in [4.78, 5) is 50.0. The first-order valence-electron chi connectivity index (χ1n) is 11.1. The van der Waals surface area contributed by atoms with Crippen molar-refractivity contribution >= 4 is 45.1 Å². The molecule has 5 aromatic rings. The summed E-state index contributed by atoms with van der Waals surface area (Å²) in [6, 6.07) is 18.1. The van der Waals surface area contributed by atoms with Gasteiger partial charge in [0.2, 0.25) is 10.9 Å². The van der Waals surface area contributed by atoms with E-state index in [1.54, 1.807) is 48.8 Å². The van der Waals surface area contributed by atoms with Crippen molar-refractivity contribution in [2.45, 2.75) is 6.92 Å². The van der Waals surface area contributed by atoms with E-state index in [-0.39, 0.29) is 22.6 Å². The molecule has 3 aromatic heterocycles. The maximum Gasteiger partial charge on any atom is 0.291 e. The molecule has 176 valence electrons. The first kappa shape index (κ1) is 21.8. The topological polar surface area (TPSA) is 110 Å². The number of amides is 2. The van der Waals surface area contributed by atoms with Crippen molar-refractivity contribution in [2.75, 3.05) is 16.8 Å². The van der Waals surface area contributed by atoms with Gasteiger partial charge in [0.1, 0.15) is 11.1 Å². The highest BCUT2D eigenvalue weighted by Crippen LogP contribution is 2.35. The Morgan fingerprint density at radius 1 is 1.06 bits per heavy atom. The van der Waals surface area contributed by atoms with Gasteiger partial charge < -0.3 is 5.32 Å². The third kappa shape index (κ3) is 3.64. The molecule has 36 heavy (non-hydrogen) atoms. The third-order valence-corrected chi connectivity index (χ3v) is 6.86. The van der Waals surface area contributed by atoms with Gasteiger partial charge in [0.05, 0.1) is 11.3 Å². The highest BCUT2D eigenvalue weighted by molar-refractivity contribution is 7.15. The fourth-order valence-corrected chi connectivity index (χ4v) is 5.22. The standard InChI is InChI=1S/C26H18N6O3S/c1-15-6-4-8-17(12-15)28-20(33)14-31-19-10-3-2-9-18(19)21(24(31)34)22-25(35)32-26(36-22)29-23(30-32)16-7-5-11-27-13-16/h2-13H,14H2,1H3,(H,28,33)/b22-21-. The lowest BCUT2D eigenvalue weighted by molar-refractivity contribution is -0.118. The highest BCUT2D eigenvalue weighted by Gasteiger charge is 2.35. The number of nitrogens with one attached hydrogen (secondary N) is 1. The van der Waals surface area contributed by atoms with Gasteiger partial charge in [-0.1, -0.05) is 41.7 Å². The Kier molecular flexibility index (Phi) is 5.15. The van der Waals surface area contributed by atoms with E-state index in [1.165, 1.54) is 9.42 Å². The monoisotopic (exact) mass is 494 g/mol. The number of thiazole rings is 1. The molecule has 1 N–H and O–H groups in total. The lowest BCUT2D eigenvalue weighted by Crippen LogP contribution is -2.37. The number of carbonyl (C=O) groups is 2. The van der Waals surface area contributed by atoms with E-state index in [4.69, 9.17) is 0 Å². The van der Waals surface area contributed by atoms with Gasteiger partial charge in [0.15, 0.2) is 5.82 Å². The molecule has 0 aliphatic carbocycles. The van der Waals surface area contributed by atoms with Crippen LogP contribution in [-0.2, 0) is 9.59 Å². The Hall–Kier alpha value is -4.70. The average molecular weight is 495 g/mol. The highest BCUT2D eigenvalue weighted by atomic mass is 32.1. The molecule has 0 atom stereocenters. The van der Waals surface area contributed by atoms with Crippen LogP contribution < -0.4 is 20.3 Å². The molecule has 0 bridgehead atoms. The lowest BCUT2D eigenvalue weighted by atomic mass is 10.1. The molecule has 2 aromatic carbocycles. The van der Waals surface area contributed by atoms with Crippen molar-refractivity contribution in [3.05, 3.63) is 99.1 Å². The summed E-state index contributed by atoms with van der Waals surface area (Å²) in [7, 11) is 0. The summed E-state index contributed by atoms with van der Waals surface area (Å²) in [5.41, 5.74) is 3.35. The summed E-state index contributed by atoms with van der Waals surface area (Å²) in [6.07, 6.45) is 3.27. The predicted octanol–water partition coefficient (Wildman–Crippen LogP) is 2.42. The van der Waals surface area contributed by atoms with E-state index >= 15 is 0 Å². The lowest BCUT2D eigenvalue weighted by Gasteiger charge is -2.16. The van der Waals surface area contributed by atoms with E-state index in [2.05, 4.69) is 20.4 Å². The van der Waals surface area contributed by atoms with Crippen molar-refractivity contribution in [3.8, 4) is 11.4 Å². The second-order valence-corrected chi connectivity index (χ2v) is 9.29. The molecule has 1 aliphatic rings. The van der Waals surface area contributed by atoms with Crippen LogP contribution >= 0.6 is 11.3 Å². The van der Waals surface area contributed by atoms with Crippen molar-refractivity contribution in [1.29, 1.82) is 0 Å². The van der Waals surface area contributed by atoms with Gasteiger partial charge in [-0.2, -0.15) is 9.50 Å². The van der Waals surface area contributed by atoms with Crippen LogP contribution in [0.15, 0.2) is 77.9 Å². The zero-order valence-corrected chi connectivity index (χ0v) is 19.8. The fraction of sp³-hybridized carbons (Fsp3) is 0.0769.